The third-order valence-corrected chi connectivity index (χ3v) is 3.61. The highest BCUT2D eigenvalue weighted by Gasteiger charge is 2.28. The van der Waals surface area contributed by atoms with Crippen LogP contribution in [0.4, 0.5) is 5.69 Å². The molecule has 0 aliphatic carbocycles. The third-order valence-electron chi connectivity index (χ3n) is 3.61. The van der Waals surface area contributed by atoms with Crippen molar-refractivity contribution in [1.82, 2.24) is 9.78 Å². The van der Waals surface area contributed by atoms with Gasteiger partial charge in [0.05, 0.1) is 17.2 Å². The van der Waals surface area contributed by atoms with Gasteiger partial charge in [0.25, 0.3) is 11.2 Å². The van der Waals surface area contributed by atoms with Gasteiger partial charge in [0.2, 0.25) is 0 Å². The van der Waals surface area contributed by atoms with Crippen LogP contribution in [0, 0.1) is 15.5 Å². The zero-order valence-corrected chi connectivity index (χ0v) is 15.4. The van der Waals surface area contributed by atoms with E-state index in [9.17, 15) is 24.5 Å². The first-order chi connectivity index (χ1) is 12.6. The normalized spacial score (nSPS) is 11.1. The van der Waals surface area contributed by atoms with Crippen LogP contribution in [0.25, 0.3) is 5.69 Å². The Balaban J connectivity index is 2.76. The number of ketones is 1. The fourth-order valence-electron chi connectivity index (χ4n) is 2.26. The Morgan fingerprint density at radius 3 is 2.48 bits per heavy atom. The highest BCUT2D eigenvalue weighted by atomic mass is 16.6. The monoisotopic (exact) mass is 373 g/mol. The summed E-state index contributed by atoms with van der Waals surface area (Å²) in [6.45, 7) is 6.64. The maximum Gasteiger partial charge on any atom is 0.343 e. The molecule has 0 aliphatic rings. The molecule has 142 valence electrons. The Morgan fingerprint density at radius 2 is 1.93 bits per heavy atom. The van der Waals surface area contributed by atoms with Gasteiger partial charge in [0.1, 0.15) is 11.3 Å². The molecule has 2 aromatic rings. The molecule has 0 bridgehead atoms. The van der Waals surface area contributed by atoms with E-state index in [0.717, 1.165) is 16.8 Å². The first-order valence-corrected chi connectivity index (χ1v) is 8.17. The first-order valence-electron chi connectivity index (χ1n) is 8.17. The van der Waals surface area contributed by atoms with Crippen molar-refractivity contribution in [2.24, 2.45) is 5.41 Å². The van der Waals surface area contributed by atoms with Crippen LogP contribution in [0.3, 0.4) is 0 Å². The van der Waals surface area contributed by atoms with Gasteiger partial charge in [-0.1, -0.05) is 26.8 Å². The highest BCUT2D eigenvalue weighted by molar-refractivity contribution is 6.00. The minimum atomic E-state index is -0.896. The average Bonchev–Trinajstić information content (AvgIpc) is 2.60. The van der Waals surface area contributed by atoms with Crippen molar-refractivity contribution < 1.29 is 19.2 Å². The number of ether oxygens (including phenoxy) is 1. The van der Waals surface area contributed by atoms with E-state index in [-0.39, 0.29) is 29.2 Å². The Morgan fingerprint density at radius 1 is 1.26 bits per heavy atom. The Bertz CT molecular complexity index is 972. The predicted molar refractivity (Wildman–Crippen MR) is 96.2 cm³/mol. The lowest BCUT2D eigenvalue weighted by Gasteiger charge is -2.17. The number of hydrogen-bond donors (Lipinski definition) is 0. The number of rotatable bonds is 5. The summed E-state index contributed by atoms with van der Waals surface area (Å²) in [5, 5.41) is 15.0. The summed E-state index contributed by atoms with van der Waals surface area (Å²) >= 11 is 0. The van der Waals surface area contributed by atoms with Crippen LogP contribution in [0.15, 0.2) is 35.1 Å². The predicted octanol–water partition coefficient (Wildman–Crippen LogP) is 2.55. The molecule has 1 aromatic carbocycles. The van der Waals surface area contributed by atoms with Crippen molar-refractivity contribution in [3.63, 3.8) is 0 Å². The average molecular weight is 373 g/mol. The van der Waals surface area contributed by atoms with Gasteiger partial charge >= 0.3 is 5.97 Å². The first kappa shape index (κ1) is 20.0. The van der Waals surface area contributed by atoms with E-state index in [2.05, 4.69) is 5.10 Å². The topological polar surface area (TPSA) is 121 Å². The number of hydrogen-bond acceptors (Lipinski definition) is 7. The summed E-state index contributed by atoms with van der Waals surface area (Å²) in [5.41, 5.74) is -2.33. The lowest BCUT2D eigenvalue weighted by molar-refractivity contribution is -0.384. The van der Waals surface area contributed by atoms with Gasteiger partial charge in [-0.3, -0.25) is 19.7 Å². The summed E-state index contributed by atoms with van der Waals surface area (Å²) in [6.07, 6.45) is 0. The zero-order valence-electron chi connectivity index (χ0n) is 15.4. The number of Topliss-reactive ketones (excluding diaryl/α,β-unsaturated/α-hetero) is 1. The van der Waals surface area contributed by atoms with Crippen molar-refractivity contribution in [2.75, 3.05) is 6.61 Å². The van der Waals surface area contributed by atoms with Crippen LogP contribution in [-0.2, 0) is 4.74 Å². The van der Waals surface area contributed by atoms with Gasteiger partial charge in [-0.05, 0) is 19.1 Å². The number of aromatic nitrogens is 2. The maximum atomic E-state index is 12.7. The fraction of sp³-hybridized carbons (Fsp3) is 0.333. The van der Waals surface area contributed by atoms with E-state index in [1.807, 2.05) is 0 Å². The SMILES string of the molecule is CCOC(=O)c1cc(C(=O)C(C)(C)C)nn(-c2cccc([N+](=O)[O-])c2)c1=O. The Hall–Kier alpha value is -3.36. The number of benzene rings is 1. The summed E-state index contributed by atoms with van der Waals surface area (Å²) in [4.78, 5) is 47.9. The van der Waals surface area contributed by atoms with Crippen LogP contribution in [-0.4, -0.2) is 33.1 Å². The van der Waals surface area contributed by atoms with Crippen LogP contribution in [0.5, 0.6) is 0 Å². The number of carbonyl (C=O) groups is 2. The zero-order chi connectivity index (χ0) is 20.4. The number of nitro groups is 1. The summed E-state index contributed by atoms with van der Waals surface area (Å²) in [7, 11) is 0. The van der Waals surface area contributed by atoms with E-state index in [1.54, 1.807) is 27.7 Å². The van der Waals surface area contributed by atoms with E-state index in [0.29, 0.717) is 0 Å². The second-order valence-electron chi connectivity index (χ2n) is 6.74. The molecule has 0 radical (unpaired) electrons. The van der Waals surface area contributed by atoms with Gasteiger partial charge in [-0.2, -0.15) is 9.78 Å². The quantitative estimate of drug-likeness (QED) is 0.342. The number of non-ortho nitro benzene ring substituents is 1. The molecule has 9 nitrogen and oxygen atoms in total. The van der Waals surface area contributed by atoms with Crippen LogP contribution in [0.1, 0.15) is 48.5 Å². The lowest BCUT2D eigenvalue weighted by atomic mass is 9.88. The molecule has 0 atom stereocenters. The van der Waals surface area contributed by atoms with Crippen LogP contribution in [0.2, 0.25) is 0 Å². The standard InChI is InChI=1S/C18H19N3O6/c1-5-27-17(24)13-10-14(15(22)18(2,3)4)19-20(16(13)23)11-7-6-8-12(9-11)21(25)26/h6-10H,5H2,1-4H3. The summed E-state index contributed by atoms with van der Waals surface area (Å²) in [6, 6.07) is 6.28. The van der Waals surface area contributed by atoms with Crippen LogP contribution >= 0.6 is 0 Å². The second-order valence-corrected chi connectivity index (χ2v) is 6.74. The summed E-state index contributed by atoms with van der Waals surface area (Å²) in [5.74, 6) is -1.29. The number of nitro benzene ring substituents is 1. The molecular formula is C18H19N3O6. The number of nitrogens with zero attached hydrogens (tertiary/aromatic N) is 3. The number of esters is 1. The second kappa shape index (κ2) is 7.48. The van der Waals surface area contributed by atoms with Gasteiger partial charge in [0.15, 0.2) is 5.78 Å². The van der Waals surface area contributed by atoms with Gasteiger partial charge in [-0.15, -0.1) is 0 Å². The lowest BCUT2D eigenvalue weighted by Crippen LogP contribution is -2.32. The van der Waals surface area contributed by atoms with Crippen molar-refractivity contribution in [3.8, 4) is 5.69 Å². The van der Waals surface area contributed by atoms with Gasteiger partial charge in [0, 0.05) is 17.5 Å². The van der Waals surface area contributed by atoms with E-state index in [1.165, 1.54) is 18.2 Å². The third kappa shape index (κ3) is 4.25. The molecule has 0 saturated carbocycles. The minimum absolute atomic E-state index is 0.0416. The smallest absolute Gasteiger partial charge is 0.343 e. The molecule has 9 heteroatoms. The molecule has 0 spiro atoms. The molecule has 0 unspecified atom stereocenters. The molecule has 0 amide bonds. The molecule has 1 aromatic heterocycles. The van der Waals surface area contributed by atoms with Crippen LogP contribution < -0.4 is 5.56 Å². The number of carbonyl (C=O) groups excluding carboxylic acids is 2. The maximum absolute atomic E-state index is 12.7. The Kier molecular flexibility index (Phi) is 5.53. The molecule has 1 heterocycles. The molecule has 0 aliphatic heterocycles. The molecule has 0 saturated heterocycles. The molecule has 27 heavy (non-hydrogen) atoms. The van der Waals surface area contributed by atoms with Gasteiger partial charge < -0.3 is 4.74 Å². The van der Waals surface area contributed by atoms with Crippen molar-refractivity contribution >= 4 is 17.4 Å². The highest BCUT2D eigenvalue weighted by Crippen LogP contribution is 2.21. The largest absolute Gasteiger partial charge is 0.462 e. The van der Waals surface area contributed by atoms with Crippen molar-refractivity contribution in [3.05, 3.63) is 62.1 Å². The molecule has 2 rings (SSSR count). The van der Waals surface area contributed by atoms with E-state index >= 15 is 0 Å². The molecular weight excluding hydrogens is 354 g/mol. The van der Waals surface area contributed by atoms with Crippen molar-refractivity contribution in [2.45, 2.75) is 27.7 Å². The van der Waals surface area contributed by atoms with E-state index in [4.69, 9.17) is 4.74 Å². The minimum Gasteiger partial charge on any atom is -0.462 e. The van der Waals surface area contributed by atoms with Crippen molar-refractivity contribution in [1.29, 1.82) is 0 Å². The summed E-state index contributed by atoms with van der Waals surface area (Å²) < 4.78 is 5.69. The molecule has 0 fully saturated rings. The van der Waals surface area contributed by atoms with Gasteiger partial charge in [-0.25, -0.2) is 4.79 Å². The fourth-order valence-corrected chi connectivity index (χ4v) is 2.26. The van der Waals surface area contributed by atoms with E-state index < -0.39 is 27.7 Å². The molecule has 0 N–H and O–H groups in total. The Labute approximate surface area is 154 Å².